The van der Waals surface area contributed by atoms with Gasteiger partial charge in [-0.1, -0.05) is 32.9 Å². The summed E-state index contributed by atoms with van der Waals surface area (Å²) in [7, 11) is 0. The largest absolute Gasteiger partial charge is 0.383 e. The zero-order valence-electron chi connectivity index (χ0n) is 10.5. The molecule has 0 saturated heterocycles. The van der Waals surface area contributed by atoms with Gasteiger partial charge in [-0.3, -0.25) is 0 Å². The van der Waals surface area contributed by atoms with E-state index in [9.17, 15) is 0 Å². The van der Waals surface area contributed by atoms with E-state index < -0.39 is 0 Å². The van der Waals surface area contributed by atoms with E-state index in [-0.39, 0.29) is 5.41 Å². The molecule has 5 heteroatoms. The third-order valence-corrected chi connectivity index (χ3v) is 4.39. The van der Waals surface area contributed by atoms with E-state index in [1.54, 1.807) is 4.68 Å². The van der Waals surface area contributed by atoms with Gasteiger partial charge in [0.05, 0.1) is 15.0 Å². The lowest BCUT2D eigenvalue weighted by Crippen LogP contribution is -2.14. The van der Waals surface area contributed by atoms with E-state index >= 15 is 0 Å². The van der Waals surface area contributed by atoms with Crippen LogP contribution >= 0.6 is 38.5 Å². The second kappa shape index (κ2) is 4.85. The second-order valence-electron chi connectivity index (χ2n) is 5.16. The Bertz CT molecular complexity index is 584. The summed E-state index contributed by atoms with van der Waals surface area (Å²) in [6, 6.07) is 7.93. The van der Waals surface area contributed by atoms with Gasteiger partial charge in [0.25, 0.3) is 0 Å². The Hall–Kier alpha value is -0.560. The maximum Gasteiger partial charge on any atom is 0.141 e. The lowest BCUT2D eigenvalue weighted by molar-refractivity contribution is 0.557. The fraction of sp³-hybridized carbons (Fsp3) is 0.308. The molecule has 2 rings (SSSR count). The number of nitrogens with zero attached hydrogens (tertiary/aromatic N) is 2. The van der Waals surface area contributed by atoms with Crippen LogP contribution in [0.1, 0.15) is 26.5 Å². The minimum atomic E-state index is -0.0167. The average Bonchev–Trinajstić information content (AvgIpc) is 2.57. The van der Waals surface area contributed by atoms with Crippen molar-refractivity contribution < 1.29 is 0 Å². The number of para-hydroxylation sites is 1. The molecular formula is C13H15BrIN3. The highest BCUT2D eigenvalue weighted by atomic mass is 127. The van der Waals surface area contributed by atoms with Crippen LogP contribution < -0.4 is 5.73 Å². The van der Waals surface area contributed by atoms with Crippen LogP contribution in [0.15, 0.2) is 28.7 Å². The van der Waals surface area contributed by atoms with Gasteiger partial charge in [0.1, 0.15) is 5.82 Å². The highest BCUT2D eigenvalue weighted by Gasteiger charge is 2.25. The molecule has 0 aliphatic rings. The van der Waals surface area contributed by atoms with Crippen molar-refractivity contribution in [3.05, 3.63) is 38.0 Å². The Balaban J connectivity index is 2.65. The average molecular weight is 420 g/mol. The molecule has 1 heterocycles. The number of nitrogen functional groups attached to an aromatic ring is 1. The molecule has 96 valence electrons. The lowest BCUT2D eigenvalue weighted by Gasteiger charge is -2.15. The smallest absolute Gasteiger partial charge is 0.141 e. The molecule has 0 amide bonds. The molecule has 0 bridgehead atoms. The number of hydrogen-bond acceptors (Lipinski definition) is 2. The van der Waals surface area contributed by atoms with Crippen LogP contribution in [0.4, 0.5) is 5.82 Å². The summed E-state index contributed by atoms with van der Waals surface area (Å²) < 4.78 is 3.80. The predicted molar refractivity (Wildman–Crippen MR) is 87.1 cm³/mol. The molecule has 1 aromatic heterocycles. The van der Waals surface area contributed by atoms with Gasteiger partial charge < -0.3 is 5.73 Å². The van der Waals surface area contributed by atoms with Crippen molar-refractivity contribution in [3.63, 3.8) is 0 Å². The summed E-state index contributed by atoms with van der Waals surface area (Å²) >= 11 is 5.80. The van der Waals surface area contributed by atoms with Crippen LogP contribution in [0.2, 0.25) is 0 Å². The normalized spacial score (nSPS) is 11.8. The van der Waals surface area contributed by atoms with Crippen LogP contribution in [0.3, 0.4) is 0 Å². The van der Waals surface area contributed by atoms with Crippen LogP contribution in [0, 0.1) is 3.57 Å². The molecule has 3 nitrogen and oxygen atoms in total. The minimum absolute atomic E-state index is 0.0167. The predicted octanol–water partition coefficient (Wildman–Crippen LogP) is 4.12. The molecule has 2 aromatic rings. The maximum atomic E-state index is 6.17. The fourth-order valence-electron chi connectivity index (χ4n) is 1.70. The van der Waals surface area contributed by atoms with Crippen molar-refractivity contribution >= 4 is 44.3 Å². The summed E-state index contributed by atoms with van der Waals surface area (Å²) in [5, 5.41) is 4.67. The van der Waals surface area contributed by atoms with Gasteiger partial charge in [-0.05, 0) is 50.7 Å². The van der Waals surface area contributed by atoms with Crippen LogP contribution in [-0.2, 0) is 5.41 Å². The number of rotatable bonds is 1. The van der Waals surface area contributed by atoms with Gasteiger partial charge in [-0.15, -0.1) is 0 Å². The van der Waals surface area contributed by atoms with E-state index in [0.29, 0.717) is 5.82 Å². The SMILES string of the molecule is CC(C)(C)c1nn(-c2ccccc2Br)c(N)c1I. The molecule has 0 unspecified atom stereocenters. The van der Waals surface area contributed by atoms with Crippen molar-refractivity contribution in [1.29, 1.82) is 0 Å². The molecule has 0 fully saturated rings. The van der Waals surface area contributed by atoms with Crippen molar-refractivity contribution in [2.75, 3.05) is 5.73 Å². The minimum Gasteiger partial charge on any atom is -0.383 e. The Morgan fingerprint density at radius 2 is 1.89 bits per heavy atom. The quantitative estimate of drug-likeness (QED) is 0.706. The third-order valence-electron chi connectivity index (χ3n) is 2.65. The monoisotopic (exact) mass is 419 g/mol. The summed E-state index contributed by atoms with van der Waals surface area (Å²) in [5.74, 6) is 0.687. The van der Waals surface area contributed by atoms with E-state index in [4.69, 9.17) is 5.73 Å². The number of nitrogens with two attached hydrogens (primary N) is 1. The van der Waals surface area contributed by atoms with E-state index in [0.717, 1.165) is 19.4 Å². The fourth-order valence-corrected chi connectivity index (χ4v) is 3.30. The van der Waals surface area contributed by atoms with Crippen LogP contribution in [0.5, 0.6) is 0 Å². The molecule has 1 aromatic carbocycles. The Labute approximate surface area is 129 Å². The second-order valence-corrected chi connectivity index (χ2v) is 7.09. The first-order chi connectivity index (χ1) is 8.32. The van der Waals surface area contributed by atoms with Gasteiger partial charge >= 0.3 is 0 Å². The number of benzene rings is 1. The molecule has 0 atom stereocenters. The Morgan fingerprint density at radius 1 is 1.28 bits per heavy atom. The van der Waals surface area contributed by atoms with E-state index in [2.05, 4.69) is 64.4 Å². The first kappa shape index (κ1) is 13.9. The Morgan fingerprint density at radius 3 is 2.39 bits per heavy atom. The first-order valence-corrected chi connectivity index (χ1v) is 7.49. The summed E-state index contributed by atoms with van der Waals surface area (Å²) in [6.07, 6.45) is 0. The summed E-state index contributed by atoms with van der Waals surface area (Å²) in [6.45, 7) is 6.42. The van der Waals surface area contributed by atoms with Crippen molar-refractivity contribution in [2.24, 2.45) is 0 Å². The van der Waals surface area contributed by atoms with E-state index in [1.807, 2.05) is 24.3 Å². The first-order valence-electron chi connectivity index (χ1n) is 5.61. The molecule has 0 radical (unpaired) electrons. The van der Waals surface area contributed by atoms with Crippen molar-refractivity contribution in [2.45, 2.75) is 26.2 Å². The molecular weight excluding hydrogens is 405 g/mol. The van der Waals surface area contributed by atoms with Crippen molar-refractivity contribution in [3.8, 4) is 5.69 Å². The lowest BCUT2D eigenvalue weighted by atomic mass is 9.92. The highest BCUT2D eigenvalue weighted by Crippen LogP contribution is 2.32. The van der Waals surface area contributed by atoms with E-state index in [1.165, 1.54) is 0 Å². The number of aromatic nitrogens is 2. The Kier molecular flexibility index (Phi) is 3.73. The number of halogens is 2. The molecule has 0 spiro atoms. The molecule has 2 N–H and O–H groups in total. The van der Waals surface area contributed by atoms with Crippen molar-refractivity contribution in [1.82, 2.24) is 9.78 Å². The number of anilines is 1. The maximum absolute atomic E-state index is 6.17. The van der Waals surface area contributed by atoms with Gasteiger partial charge in [-0.2, -0.15) is 5.10 Å². The molecule has 18 heavy (non-hydrogen) atoms. The van der Waals surface area contributed by atoms with Crippen LogP contribution in [0.25, 0.3) is 5.69 Å². The van der Waals surface area contributed by atoms with Crippen LogP contribution in [-0.4, -0.2) is 9.78 Å². The summed E-state index contributed by atoms with van der Waals surface area (Å²) in [5.41, 5.74) is 8.14. The molecule has 0 aliphatic heterocycles. The highest BCUT2D eigenvalue weighted by molar-refractivity contribution is 14.1. The third kappa shape index (κ3) is 2.42. The van der Waals surface area contributed by atoms with Gasteiger partial charge in [-0.25, -0.2) is 4.68 Å². The van der Waals surface area contributed by atoms with Gasteiger partial charge in [0.15, 0.2) is 0 Å². The van der Waals surface area contributed by atoms with Gasteiger partial charge in [0.2, 0.25) is 0 Å². The number of hydrogen-bond donors (Lipinski definition) is 1. The van der Waals surface area contributed by atoms with Gasteiger partial charge in [0, 0.05) is 9.89 Å². The zero-order chi connectivity index (χ0) is 13.5. The topological polar surface area (TPSA) is 43.8 Å². The zero-order valence-corrected chi connectivity index (χ0v) is 14.3. The standard InChI is InChI=1S/C13H15BrIN3/c1-13(2,3)11-10(15)12(16)18(17-11)9-7-5-4-6-8(9)14/h4-7H,16H2,1-3H3. The molecule has 0 saturated carbocycles. The molecule has 0 aliphatic carbocycles. The summed E-state index contributed by atoms with van der Waals surface area (Å²) in [4.78, 5) is 0.